The molecule has 4 N–H and O–H groups in total. The van der Waals surface area contributed by atoms with Gasteiger partial charge in [-0.05, 0) is 58.3 Å². The maximum atomic E-state index is 5.14. The first-order valence-corrected chi connectivity index (χ1v) is 8.35. The van der Waals surface area contributed by atoms with E-state index in [0.717, 1.165) is 31.1 Å². The van der Waals surface area contributed by atoms with Crippen molar-refractivity contribution < 1.29 is 0 Å². The summed E-state index contributed by atoms with van der Waals surface area (Å²) in [7, 11) is 4.02. The van der Waals surface area contributed by atoms with Crippen LogP contribution in [0.1, 0.15) is 27.7 Å². The quantitative estimate of drug-likeness (QED) is 0.291. The zero-order valence-electron chi connectivity index (χ0n) is 14.9. The number of nitrogens with one attached hydrogen (secondary N) is 4. The molecule has 132 valence electrons. The summed E-state index contributed by atoms with van der Waals surface area (Å²) in [6.07, 6.45) is 0. The fourth-order valence-electron chi connectivity index (χ4n) is 1.20. The summed E-state index contributed by atoms with van der Waals surface area (Å²) >= 11 is 10.3. The van der Waals surface area contributed by atoms with Crippen molar-refractivity contribution in [1.82, 2.24) is 26.4 Å². The lowest BCUT2D eigenvalue weighted by Gasteiger charge is -2.12. The number of rotatable bonds is 8. The van der Waals surface area contributed by atoms with Crippen LogP contribution in [0.5, 0.6) is 0 Å². The third kappa shape index (κ3) is 12.9. The van der Waals surface area contributed by atoms with Gasteiger partial charge in [-0.15, -0.1) is 0 Å². The standard InChI is InChI=1S/C14H29N7S2/c1-10(2)9-16-14(23)20-18-12(4)11(3)17-19-13(22)15-7-8-21(5)6/h10H,7-9H2,1-6H3,(H2,15,19,22)(H2,16,20,23)/b17-11-,18-12-. The Labute approximate surface area is 150 Å². The Morgan fingerprint density at radius 3 is 1.87 bits per heavy atom. The second-order valence-corrected chi connectivity index (χ2v) is 6.60. The summed E-state index contributed by atoms with van der Waals surface area (Å²) in [5, 5.41) is 15.5. The first kappa shape index (κ1) is 21.7. The van der Waals surface area contributed by atoms with Crippen molar-refractivity contribution in [2.24, 2.45) is 16.1 Å². The van der Waals surface area contributed by atoms with Crippen LogP contribution in [-0.2, 0) is 0 Å². The third-order valence-corrected chi connectivity index (χ3v) is 3.16. The van der Waals surface area contributed by atoms with E-state index in [9.17, 15) is 0 Å². The van der Waals surface area contributed by atoms with Crippen molar-refractivity contribution >= 4 is 46.1 Å². The van der Waals surface area contributed by atoms with Gasteiger partial charge in [-0.25, -0.2) is 0 Å². The lowest BCUT2D eigenvalue weighted by molar-refractivity contribution is 0.412. The molecule has 0 fully saturated rings. The highest BCUT2D eigenvalue weighted by Crippen LogP contribution is 1.87. The maximum absolute atomic E-state index is 5.14. The summed E-state index contributed by atoms with van der Waals surface area (Å²) in [5.41, 5.74) is 7.04. The highest BCUT2D eigenvalue weighted by atomic mass is 32.1. The number of hydrogen-bond donors (Lipinski definition) is 4. The molecule has 23 heavy (non-hydrogen) atoms. The van der Waals surface area contributed by atoms with Crippen LogP contribution < -0.4 is 21.5 Å². The summed E-state index contributed by atoms with van der Waals surface area (Å²) < 4.78 is 0. The van der Waals surface area contributed by atoms with E-state index >= 15 is 0 Å². The molecule has 0 aromatic carbocycles. The van der Waals surface area contributed by atoms with Crippen molar-refractivity contribution in [2.75, 3.05) is 33.7 Å². The second-order valence-electron chi connectivity index (χ2n) is 5.78. The van der Waals surface area contributed by atoms with Crippen molar-refractivity contribution in [2.45, 2.75) is 27.7 Å². The van der Waals surface area contributed by atoms with Gasteiger partial charge in [-0.1, -0.05) is 13.8 Å². The molecule has 0 spiro atoms. The van der Waals surface area contributed by atoms with Crippen LogP contribution in [0.4, 0.5) is 0 Å². The molecule has 0 amide bonds. The van der Waals surface area contributed by atoms with E-state index in [1.165, 1.54) is 0 Å². The Morgan fingerprint density at radius 1 is 0.957 bits per heavy atom. The molecule has 0 saturated heterocycles. The van der Waals surface area contributed by atoms with E-state index in [-0.39, 0.29) is 0 Å². The predicted octanol–water partition coefficient (Wildman–Crippen LogP) is 0.884. The molecular formula is C14H29N7S2. The summed E-state index contributed by atoms with van der Waals surface area (Å²) in [6.45, 7) is 10.4. The first-order chi connectivity index (χ1) is 10.7. The van der Waals surface area contributed by atoms with E-state index < -0.39 is 0 Å². The van der Waals surface area contributed by atoms with Gasteiger partial charge < -0.3 is 15.5 Å². The van der Waals surface area contributed by atoms with Crippen molar-refractivity contribution in [3.63, 3.8) is 0 Å². The smallest absolute Gasteiger partial charge is 0.187 e. The molecule has 0 aliphatic heterocycles. The van der Waals surface area contributed by atoms with Gasteiger partial charge in [0.15, 0.2) is 10.2 Å². The van der Waals surface area contributed by atoms with E-state index in [1.54, 1.807) is 0 Å². The Morgan fingerprint density at radius 2 is 1.43 bits per heavy atom. The number of thiocarbonyl (C=S) groups is 2. The van der Waals surface area contributed by atoms with Gasteiger partial charge >= 0.3 is 0 Å². The highest BCUT2D eigenvalue weighted by Gasteiger charge is 2.00. The van der Waals surface area contributed by atoms with E-state index in [4.69, 9.17) is 24.4 Å². The average Bonchev–Trinajstić information content (AvgIpc) is 2.47. The van der Waals surface area contributed by atoms with E-state index in [0.29, 0.717) is 16.1 Å². The highest BCUT2D eigenvalue weighted by molar-refractivity contribution is 7.80. The van der Waals surface area contributed by atoms with Gasteiger partial charge in [-0.3, -0.25) is 10.9 Å². The molecule has 0 aromatic heterocycles. The topological polar surface area (TPSA) is 76.1 Å². The van der Waals surface area contributed by atoms with Gasteiger partial charge in [0, 0.05) is 19.6 Å². The Bertz CT molecular complexity index is 444. The molecule has 0 heterocycles. The Kier molecular flexibility index (Phi) is 11.4. The second kappa shape index (κ2) is 12.1. The summed E-state index contributed by atoms with van der Waals surface area (Å²) in [4.78, 5) is 2.07. The lowest BCUT2D eigenvalue weighted by atomic mass is 10.2. The van der Waals surface area contributed by atoms with Gasteiger partial charge in [0.1, 0.15) is 0 Å². The SMILES string of the molecule is CC(=N/NC(=S)NCCN(C)C)/C(C)=N\NC(=S)NCC(C)C. The van der Waals surface area contributed by atoms with Crippen molar-refractivity contribution in [3.8, 4) is 0 Å². The van der Waals surface area contributed by atoms with Gasteiger partial charge in [-0.2, -0.15) is 10.2 Å². The minimum Gasteiger partial charge on any atom is -0.361 e. The molecule has 0 aliphatic carbocycles. The van der Waals surface area contributed by atoms with E-state index in [2.05, 4.69) is 50.4 Å². The minimum atomic E-state index is 0.487. The van der Waals surface area contributed by atoms with Crippen LogP contribution in [0, 0.1) is 5.92 Å². The van der Waals surface area contributed by atoms with Gasteiger partial charge in [0.05, 0.1) is 11.4 Å². The summed E-state index contributed by atoms with van der Waals surface area (Å²) in [5.74, 6) is 0.522. The number of hydrazone groups is 2. The molecular weight excluding hydrogens is 330 g/mol. The zero-order chi connectivity index (χ0) is 17.8. The molecule has 9 heteroatoms. The Hall–Kier alpha value is -1.32. The third-order valence-electron chi connectivity index (χ3n) is 2.69. The fraction of sp³-hybridized carbons (Fsp3) is 0.714. The number of nitrogens with zero attached hydrogens (tertiary/aromatic N) is 3. The van der Waals surface area contributed by atoms with E-state index in [1.807, 2.05) is 27.9 Å². The van der Waals surface area contributed by atoms with Gasteiger partial charge in [0.2, 0.25) is 0 Å². The maximum Gasteiger partial charge on any atom is 0.187 e. The van der Waals surface area contributed by atoms with Crippen LogP contribution in [0.2, 0.25) is 0 Å². The first-order valence-electron chi connectivity index (χ1n) is 7.53. The fourth-order valence-corrected chi connectivity index (χ4v) is 1.48. The molecule has 0 saturated carbocycles. The van der Waals surface area contributed by atoms with Gasteiger partial charge in [0.25, 0.3) is 0 Å². The average molecular weight is 360 g/mol. The molecule has 0 atom stereocenters. The zero-order valence-corrected chi connectivity index (χ0v) is 16.5. The molecule has 0 radical (unpaired) electrons. The van der Waals surface area contributed by atoms with Crippen LogP contribution in [0.25, 0.3) is 0 Å². The lowest BCUT2D eigenvalue weighted by Crippen LogP contribution is -2.37. The molecule has 0 rings (SSSR count). The predicted molar refractivity (Wildman–Crippen MR) is 107 cm³/mol. The number of likely N-dealkylation sites (N-methyl/N-ethyl adjacent to an activating group) is 1. The summed E-state index contributed by atoms with van der Waals surface area (Å²) in [6, 6.07) is 0. The molecule has 0 aliphatic rings. The van der Waals surface area contributed by atoms with Crippen molar-refractivity contribution in [1.29, 1.82) is 0 Å². The molecule has 0 unspecified atom stereocenters. The molecule has 0 aromatic rings. The normalized spacial score (nSPS) is 12.3. The van der Waals surface area contributed by atoms with Crippen molar-refractivity contribution in [3.05, 3.63) is 0 Å². The largest absolute Gasteiger partial charge is 0.361 e. The van der Waals surface area contributed by atoms with Crippen LogP contribution in [0.15, 0.2) is 10.2 Å². The van der Waals surface area contributed by atoms with Crippen LogP contribution in [0.3, 0.4) is 0 Å². The molecule has 0 bridgehead atoms. The Balaban J connectivity index is 4.20. The minimum absolute atomic E-state index is 0.487. The molecule has 7 nitrogen and oxygen atoms in total. The number of hydrogen-bond acceptors (Lipinski definition) is 5. The monoisotopic (exact) mass is 359 g/mol. The van der Waals surface area contributed by atoms with Crippen LogP contribution >= 0.6 is 24.4 Å². The van der Waals surface area contributed by atoms with Crippen LogP contribution in [-0.4, -0.2) is 60.3 Å².